The summed E-state index contributed by atoms with van der Waals surface area (Å²) in [5, 5.41) is 10.5. The molecule has 1 aliphatic carbocycles. The summed E-state index contributed by atoms with van der Waals surface area (Å²) in [6.45, 7) is 2.63. The van der Waals surface area contributed by atoms with E-state index in [1.54, 1.807) is 12.2 Å². The molecule has 2 heterocycles. The Morgan fingerprint density at radius 3 is 2.29 bits per heavy atom. The van der Waals surface area contributed by atoms with Crippen molar-refractivity contribution < 1.29 is 38.4 Å². The normalized spacial score (nSPS) is 27.6. The third-order valence-corrected chi connectivity index (χ3v) is 7.03. The summed E-state index contributed by atoms with van der Waals surface area (Å²) in [6.07, 6.45) is 13.3. The van der Waals surface area contributed by atoms with Crippen molar-refractivity contribution >= 4 is 11.8 Å². The lowest BCUT2D eigenvalue weighted by atomic mass is 9.90. The molecule has 0 aromatic rings. The number of rotatable bonds is 13. The first-order chi connectivity index (χ1) is 16.8. The van der Waals surface area contributed by atoms with Gasteiger partial charge in [0.1, 0.15) is 5.60 Å². The van der Waals surface area contributed by atoms with E-state index in [-0.39, 0.29) is 29.7 Å². The molecule has 8 heteroatoms. The van der Waals surface area contributed by atoms with Crippen molar-refractivity contribution in [1.29, 1.82) is 0 Å². The van der Waals surface area contributed by atoms with Crippen LogP contribution in [0.1, 0.15) is 90.4 Å². The molecule has 0 aromatic carbocycles. The van der Waals surface area contributed by atoms with Crippen molar-refractivity contribution in [3.8, 4) is 0 Å². The number of aliphatic hydroxyl groups is 1. The van der Waals surface area contributed by atoms with Crippen LogP contribution in [0, 0.1) is 0 Å². The summed E-state index contributed by atoms with van der Waals surface area (Å²) in [5.41, 5.74) is -0.927. The first-order valence-electron chi connectivity index (χ1n) is 13.1. The van der Waals surface area contributed by atoms with Crippen LogP contribution in [0.5, 0.6) is 0 Å². The molecule has 0 radical (unpaired) electrons. The number of carbonyl (C=O) groups is 2. The maximum atomic E-state index is 12.4. The number of ketones is 1. The topological polar surface area (TPSA) is 101 Å². The Labute approximate surface area is 209 Å². The zero-order chi connectivity index (χ0) is 25.3. The number of ether oxygens (including phenoxy) is 5. The summed E-state index contributed by atoms with van der Waals surface area (Å²) in [6, 6.07) is 0. The molecule has 0 saturated carbocycles. The number of aliphatic hydroxyl groups excluding tert-OH is 1. The van der Waals surface area contributed by atoms with E-state index in [1.165, 1.54) is 52.7 Å². The van der Waals surface area contributed by atoms with Gasteiger partial charge in [0.25, 0.3) is 5.78 Å². The molecule has 3 atom stereocenters. The van der Waals surface area contributed by atoms with Crippen molar-refractivity contribution in [2.24, 2.45) is 0 Å². The molecule has 2 spiro atoms. The highest BCUT2D eigenvalue weighted by molar-refractivity contribution is 6.06. The number of Topliss-reactive ketones (excluding diaryl/α,β-unsaturated/α-hetero) is 1. The molecule has 1 N–H and O–H groups in total. The zero-order valence-corrected chi connectivity index (χ0v) is 21.5. The molecule has 198 valence electrons. The maximum absolute atomic E-state index is 12.4. The molecule has 2 unspecified atom stereocenters. The molecule has 3 aliphatic rings. The van der Waals surface area contributed by atoms with Crippen LogP contribution in [0.3, 0.4) is 0 Å². The lowest BCUT2D eigenvalue weighted by Crippen LogP contribution is -2.48. The first-order valence-corrected chi connectivity index (χ1v) is 13.1. The molecule has 0 bridgehead atoms. The molecule has 2 saturated heterocycles. The minimum atomic E-state index is -1.05. The molecule has 2 fully saturated rings. The Kier molecular flexibility index (Phi) is 10.2. The van der Waals surface area contributed by atoms with Crippen molar-refractivity contribution in [1.82, 2.24) is 0 Å². The summed E-state index contributed by atoms with van der Waals surface area (Å²) in [7, 11) is 2.85. The van der Waals surface area contributed by atoms with Gasteiger partial charge in [-0.15, -0.1) is 0 Å². The van der Waals surface area contributed by atoms with Gasteiger partial charge in [-0.25, -0.2) is 0 Å². The van der Waals surface area contributed by atoms with Gasteiger partial charge in [0.05, 0.1) is 39.5 Å². The standard InChI is InChI=1S/C27H42O8/c1-4-5-6-7-8-9-10-11-14-33-24(29)16-21-15-20(28)17-27(34-21)13-12-26(35-27)18-22(31-2)25(30)23(19-26)32-3/h18-21,28H,4-17H2,1-3H3/t20?,21?,27-/m0/s1. The fraction of sp³-hybridized carbons (Fsp3) is 0.778. The van der Waals surface area contributed by atoms with Crippen molar-refractivity contribution in [2.75, 3.05) is 20.8 Å². The number of carbonyl (C=O) groups excluding carboxylic acids is 2. The van der Waals surface area contributed by atoms with Gasteiger partial charge in [-0.05, 0) is 25.0 Å². The number of methoxy groups -OCH3 is 2. The van der Waals surface area contributed by atoms with Gasteiger partial charge < -0.3 is 28.8 Å². The largest absolute Gasteiger partial charge is 0.493 e. The Balaban J connectivity index is 1.47. The quantitative estimate of drug-likeness (QED) is 0.295. The lowest BCUT2D eigenvalue weighted by molar-refractivity contribution is -0.291. The zero-order valence-electron chi connectivity index (χ0n) is 21.5. The fourth-order valence-electron chi connectivity index (χ4n) is 5.24. The second-order valence-electron chi connectivity index (χ2n) is 9.96. The number of unbranched alkanes of at least 4 members (excludes halogenated alkanes) is 7. The van der Waals surface area contributed by atoms with Gasteiger partial charge in [0.2, 0.25) is 0 Å². The van der Waals surface area contributed by atoms with Crippen molar-refractivity contribution in [3.63, 3.8) is 0 Å². The van der Waals surface area contributed by atoms with Crippen LogP contribution in [0.4, 0.5) is 0 Å². The van der Waals surface area contributed by atoms with Gasteiger partial charge in [-0.3, -0.25) is 9.59 Å². The second-order valence-corrected chi connectivity index (χ2v) is 9.96. The van der Waals surface area contributed by atoms with Crippen LogP contribution >= 0.6 is 0 Å². The van der Waals surface area contributed by atoms with Crippen LogP contribution in [-0.2, 0) is 33.3 Å². The Bertz CT molecular complexity index is 764. The van der Waals surface area contributed by atoms with Crippen molar-refractivity contribution in [3.05, 3.63) is 23.7 Å². The average molecular weight is 495 g/mol. The summed E-state index contributed by atoms with van der Waals surface area (Å²) in [5.74, 6) is -1.41. The summed E-state index contributed by atoms with van der Waals surface area (Å²) in [4.78, 5) is 24.8. The third kappa shape index (κ3) is 7.54. The van der Waals surface area contributed by atoms with Gasteiger partial charge in [0.15, 0.2) is 17.3 Å². The Morgan fingerprint density at radius 2 is 1.66 bits per heavy atom. The van der Waals surface area contributed by atoms with Crippen LogP contribution in [-0.4, -0.2) is 61.3 Å². The number of hydrogen-bond donors (Lipinski definition) is 1. The second kappa shape index (κ2) is 12.9. The highest BCUT2D eigenvalue weighted by Crippen LogP contribution is 2.48. The van der Waals surface area contributed by atoms with E-state index in [0.717, 1.165) is 12.8 Å². The SMILES string of the molecule is CCCCCCCCCCOC(=O)CC1CC(O)C[C@@]2(CCC3(C=C(OC)C(=O)C(OC)=C3)O2)O1. The number of hydrogen-bond acceptors (Lipinski definition) is 8. The Morgan fingerprint density at radius 1 is 1.03 bits per heavy atom. The number of esters is 1. The van der Waals surface area contributed by atoms with E-state index in [9.17, 15) is 14.7 Å². The van der Waals surface area contributed by atoms with Crippen LogP contribution in [0.25, 0.3) is 0 Å². The van der Waals surface area contributed by atoms with Crippen LogP contribution < -0.4 is 0 Å². The minimum Gasteiger partial charge on any atom is -0.493 e. The van der Waals surface area contributed by atoms with Gasteiger partial charge in [-0.2, -0.15) is 0 Å². The lowest BCUT2D eigenvalue weighted by Gasteiger charge is -2.41. The molecule has 8 nitrogen and oxygen atoms in total. The summed E-state index contributed by atoms with van der Waals surface area (Å²) >= 11 is 0. The van der Waals surface area contributed by atoms with E-state index in [1.807, 2.05) is 0 Å². The van der Waals surface area contributed by atoms with Gasteiger partial charge >= 0.3 is 5.97 Å². The maximum Gasteiger partial charge on any atom is 0.308 e. The van der Waals surface area contributed by atoms with Crippen molar-refractivity contribution in [2.45, 2.75) is 114 Å². The molecule has 0 amide bonds. The third-order valence-electron chi connectivity index (χ3n) is 7.03. The molecule has 2 aliphatic heterocycles. The van der Waals surface area contributed by atoms with E-state index in [4.69, 9.17) is 23.7 Å². The summed E-state index contributed by atoms with van der Waals surface area (Å²) < 4.78 is 28.5. The minimum absolute atomic E-state index is 0.0724. The smallest absolute Gasteiger partial charge is 0.308 e. The molecular weight excluding hydrogens is 452 g/mol. The van der Waals surface area contributed by atoms with Crippen LogP contribution in [0.2, 0.25) is 0 Å². The van der Waals surface area contributed by atoms with Crippen LogP contribution in [0.15, 0.2) is 23.7 Å². The van der Waals surface area contributed by atoms with E-state index in [2.05, 4.69) is 6.92 Å². The molecule has 35 heavy (non-hydrogen) atoms. The molecular formula is C27H42O8. The predicted molar refractivity (Wildman–Crippen MR) is 129 cm³/mol. The average Bonchev–Trinajstić information content (AvgIpc) is 3.14. The van der Waals surface area contributed by atoms with Gasteiger partial charge in [-0.1, -0.05) is 51.9 Å². The monoisotopic (exact) mass is 494 g/mol. The van der Waals surface area contributed by atoms with E-state index in [0.29, 0.717) is 32.3 Å². The molecule has 3 rings (SSSR count). The predicted octanol–water partition coefficient (Wildman–Crippen LogP) is 4.49. The van der Waals surface area contributed by atoms with Gasteiger partial charge in [0, 0.05) is 19.3 Å². The first kappa shape index (κ1) is 27.7. The van der Waals surface area contributed by atoms with E-state index >= 15 is 0 Å². The molecule has 0 aromatic heterocycles. The highest BCUT2D eigenvalue weighted by Gasteiger charge is 2.54. The highest BCUT2D eigenvalue weighted by atomic mass is 16.7. The fourth-order valence-corrected chi connectivity index (χ4v) is 5.24. The van der Waals surface area contributed by atoms with E-state index < -0.39 is 23.6 Å². The Hall–Kier alpha value is -1.90.